The van der Waals surface area contributed by atoms with Crippen LogP contribution in [0.4, 0.5) is 5.82 Å². The molecule has 1 fully saturated rings. The fraction of sp³-hybridized carbons (Fsp3) is 0.409. The van der Waals surface area contributed by atoms with Gasteiger partial charge in [0.25, 0.3) is 0 Å². The Bertz CT molecular complexity index is 956. The normalized spacial score (nSPS) is 20.0. The van der Waals surface area contributed by atoms with Crippen LogP contribution in [-0.2, 0) is 6.42 Å². The van der Waals surface area contributed by atoms with Gasteiger partial charge in [0.05, 0.1) is 11.6 Å². The van der Waals surface area contributed by atoms with Crippen LogP contribution in [0.15, 0.2) is 42.6 Å². The number of hydrogen-bond acceptors (Lipinski definition) is 5. The fourth-order valence-corrected chi connectivity index (χ4v) is 3.85. The smallest absolute Gasteiger partial charge is 0.135 e. The summed E-state index contributed by atoms with van der Waals surface area (Å²) in [6.07, 6.45) is 2.31. The maximum Gasteiger partial charge on any atom is 0.135 e. The van der Waals surface area contributed by atoms with E-state index in [1.807, 2.05) is 31.3 Å². The molecule has 0 aliphatic carbocycles. The molecule has 5 nitrogen and oxygen atoms in total. The Balaban J connectivity index is 1.55. The highest BCUT2D eigenvalue weighted by Gasteiger charge is 2.33. The number of hydrogen-bond donors (Lipinski definition) is 1. The van der Waals surface area contributed by atoms with Crippen LogP contribution in [0, 0.1) is 12.8 Å². The monoisotopic (exact) mass is 362 g/mol. The van der Waals surface area contributed by atoms with Gasteiger partial charge in [-0.05, 0) is 31.4 Å². The number of β-amino-alcohol motifs (C(OH)–C–C–N with tert-alkyl or cyclic N) is 1. The molecule has 2 atom stereocenters. The predicted molar refractivity (Wildman–Crippen MR) is 108 cm³/mol. The highest BCUT2D eigenvalue weighted by molar-refractivity contribution is 5.78. The van der Waals surface area contributed by atoms with Crippen LogP contribution in [0.2, 0.25) is 0 Å². The number of para-hydroxylation sites is 1. The van der Waals surface area contributed by atoms with Gasteiger partial charge in [-0.1, -0.05) is 38.1 Å². The molecule has 3 aromatic rings. The van der Waals surface area contributed by atoms with Gasteiger partial charge in [0.15, 0.2) is 0 Å². The molecular weight excluding hydrogens is 336 g/mol. The molecule has 0 bridgehead atoms. The Labute approximate surface area is 160 Å². The molecule has 0 radical (unpaired) electrons. The minimum absolute atomic E-state index is 0.147. The minimum Gasteiger partial charge on any atom is -0.391 e. The molecule has 0 saturated carbocycles. The van der Waals surface area contributed by atoms with E-state index in [4.69, 9.17) is 4.98 Å². The number of rotatable bonds is 4. The molecule has 1 aliphatic rings. The van der Waals surface area contributed by atoms with Crippen LogP contribution in [0.25, 0.3) is 10.9 Å². The van der Waals surface area contributed by atoms with Crippen molar-refractivity contribution in [1.29, 1.82) is 0 Å². The summed E-state index contributed by atoms with van der Waals surface area (Å²) in [5.74, 6) is 2.22. The summed E-state index contributed by atoms with van der Waals surface area (Å²) in [5, 5.41) is 11.8. The quantitative estimate of drug-likeness (QED) is 0.770. The van der Waals surface area contributed by atoms with Crippen LogP contribution in [0.5, 0.6) is 0 Å². The number of aryl methyl sites for hydroxylation is 1. The number of benzene rings is 1. The number of aromatic nitrogens is 3. The van der Waals surface area contributed by atoms with Crippen LogP contribution in [0.3, 0.4) is 0 Å². The molecule has 4 rings (SSSR count). The van der Waals surface area contributed by atoms with Crippen molar-refractivity contribution in [3.63, 3.8) is 0 Å². The first-order valence-electron chi connectivity index (χ1n) is 9.62. The zero-order chi connectivity index (χ0) is 19.0. The second kappa shape index (κ2) is 7.24. The number of aliphatic hydroxyl groups excluding tert-OH is 1. The van der Waals surface area contributed by atoms with Gasteiger partial charge in [0.2, 0.25) is 0 Å². The highest BCUT2D eigenvalue weighted by atomic mass is 16.3. The molecule has 0 unspecified atom stereocenters. The molecule has 1 aromatic carbocycles. The van der Waals surface area contributed by atoms with E-state index in [0.717, 1.165) is 46.8 Å². The summed E-state index contributed by atoms with van der Waals surface area (Å²) in [4.78, 5) is 16.0. The molecule has 0 amide bonds. The van der Waals surface area contributed by atoms with Crippen molar-refractivity contribution in [2.45, 2.75) is 39.2 Å². The summed E-state index contributed by atoms with van der Waals surface area (Å²) in [7, 11) is 0. The number of anilines is 1. The number of pyridine rings is 1. The average molecular weight is 362 g/mol. The predicted octanol–water partition coefficient (Wildman–Crippen LogP) is 3.50. The van der Waals surface area contributed by atoms with E-state index in [-0.39, 0.29) is 12.0 Å². The van der Waals surface area contributed by atoms with Gasteiger partial charge in [0, 0.05) is 41.8 Å². The molecule has 0 spiro atoms. The molecule has 2 aromatic heterocycles. The second-order valence-corrected chi connectivity index (χ2v) is 7.78. The minimum atomic E-state index is -0.381. The van der Waals surface area contributed by atoms with Crippen molar-refractivity contribution in [1.82, 2.24) is 15.0 Å². The molecule has 1 aliphatic heterocycles. The van der Waals surface area contributed by atoms with Gasteiger partial charge in [0.1, 0.15) is 11.6 Å². The number of fused-ring (bicyclic) bond motifs is 1. The first kappa shape index (κ1) is 17.9. The third-order valence-corrected chi connectivity index (χ3v) is 5.37. The third kappa shape index (κ3) is 3.65. The van der Waals surface area contributed by atoms with Crippen LogP contribution >= 0.6 is 0 Å². The standard InChI is InChI=1S/C22H26N4O/c1-14(2)19-11-23-15(3)24-22(19)26-12-17(21(27)13-26)10-18-9-8-16-6-4-5-7-20(16)25-18/h4-9,11,14,17,21,27H,10,12-13H2,1-3H3/t17-,21-/m1/s1. The lowest BCUT2D eigenvalue weighted by Crippen LogP contribution is -2.24. The summed E-state index contributed by atoms with van der Waals surface area (Å²) in [6, 6.07) is 12.3. The molecule has 5 heteroatoms. The molecule has 1 saturated heterocycles. The first-order valence-corrected chi connectivity index (χ1v) is 9.62. The zero-order valence-corrected chi connectivity index (χ0v) is 16.1. The van der Waals surface area contributed by atoms with Crippen molar-refractivity contribution < 1.29 is 5.11 Å². The van der Waals surface area contributed by atoms with E-state index in [2.05, 4.69) is 46.9 Å². The molecule has 27 heavy (non-hydrogen) atoms. The fourth-order valence-electron chi connectivity index (χ4n) is 3.85. The Morgan fingerprint density at radius 3 is 2.74 bits per heavy atom. The highest BCUT2D eigenvalue weighted by Crippen LogP contribution is 2.31. The Morgan fingerprint density at radius 2 is 1.93 bits per heavy atom. The summed E-state index contributed by atoms with van der Waals surface area (Å²) in [6.45, 7) is 7.61. The van der Waals surface area contributed by atoms with Crippen molar-refractivity contribution in [2.24, 2.45) is 5.92 Å². The zero-order valence-electron chi connectivity index (χ0n) is 16.1. The molecule has 3 heterocycles. The van der Waals surface area contributed by atoms with Gasteiger partial charge < -0.3 is 10.0 Å². The van der Waals surface area contributed by atoms with Gasteiger partial charge in [-0.3, -0.25) is 4.98 Å². The maximum atomic E-state index is 10.7. The maximum absolute atomic E-state index is 10.7. The van der Waals surface area contributed by atoms with Crippen LogP contribution < -0.4 is 4.90 Å². The van der Waals surface area contributed by atoms with Crippen molar-refractivity contribution in [3.8, 4) is 0 Å². The largest absolute Gasteiger partial charge is 0.391 e. The Hall–Kier alpha value is -2.53. The second-order valence-electron chi connectivity index (χ2n) is 7.78. The third-order valence-electron chi connectivity index (χ3n) is 5.37. The lowest BCUT2D eigenvalue weighted by molar-refractivity contribution is 0.148. The van der Waals surface area contributed by atoms with Gasteiger partial charge in [-0.2, -0.15) is 0 Å². The lowest BCUT2D eigenvalue weighted by Gasteiger charge is -2.22. The summed E-state index contributed by atoms with van der Waals surface area (Å²) >= 11 is 0. The van der Waals surface area contributed by atoms with E-state index in [1.165, 1.54) is 0 Å². The topological polar surface area (TPSA) is 62.1 Å². The Morgan fingerprint density at radius 1 is 1.11 bits per heavy atom. The number of aliphatic hydroxyl groups is 1. The molecule has 1 N–H and O–H groups in total. The molecular formula is C22H26N4O. The van der Waals surface area contributed by atoms with Crippen LogP contribution in [0.1, 0.15) is 36.8 Å². The van der Waals surface area contributed by atoms with Crippen molar-refractivity contribution >= 4 is 16.7 Å². The Kier molecular flexibility index (Phi) is 4.79. The SMILES string of the molecule is Cc1ncc(C(C)C)c(N2C[C@@H](Cc3ccc4ccccc4n3)[C@H](O)C2)n1. The van der Waals surface area contributed by atoms with Gasteiger partial charge in [-0.25, -0.2) is 9.97 Å². The van der Waals surface area contributed by atoms with E-state index >= 15 is 0 Å². The molecule has 140 valence electrons. The first-order chi connectivity index (χ1) is 13.0. The number of nitrogens with zero attached hydrogens (tertiary/aromatic N) is 4. The van der Waals surface area contributed by atoms with Crippen molar-refractivity contribution in [3.05, 3.63) is 59.7 Å². The van der Waals surface area contributed by atoms with E-state index in [1.54, 1.807) is 0 Å². The van der Waals surface area contributed by atoms with E-state index in [0.29, 0.717) is 12.5 Å². The van der Waals surface area contributed by atoms with Gasteiger partial charge >= 0.3 is 0 Å². The summed E-state index contributed by atoms with van der Waals surface area (Å²) < 4.78 is 0. The van der Waals surface area contributed by atoms with E-state index < -0.39 is 0 Å². The van der Waals surface area contributed by atoms with E-state index in [9.17, 15) is 5.11 Å². The lowest BCUT2D eigenvalue weighted by atomic mass is 9.99. The van der Waals surface area contributed by atoms with Crippen LogP contribution in [-0.4, -0.2) is 39.3 Å². The van der Waals surface area contributed by atoms with Gasteiger partial charge in [-0.15, -0.1) is 0 Å². The average Bonchev–Trinajstić information content (AvgIpc) is 3.02. The summed E-state index contributed by atoms with van der Waals surface area (Å²) in [5.41, 5.74) is 3.17. The van der Waals surface area contributed by atoms with Crippen molar-refractivity contribution in [2.75, 3.05) is 18.0 Å².